The van der Waals surface area contributed by atoms with Crippen LogP contribution in [0.1, 0.15) is 12.0 Å². The number of nitrogens with two attached hydrogens (primary N) is 1. The third-order valence-electron chi connectivity index (χ3n) is 2.58. The Hall–Kier alpha value is -1.07. The van der Waals surface area contributed by atoms with E-state index in [0.717, 1.165) is 12.3 Å². The normalized spacial score (nSPS) is 12.5. The third kappa shape index (κ3) is 5.67. The molecule has 0 radical (unpaired) electrons. The summed E-state index contributed by atoms with van der Waals surface area (Å²) in [5, 5.41) is 0. The van der Waals surface area contributed by atoms with Crippen molar-refractivity contribution in [2.24, 2.45) is 5.73 Å². The van der Waals surface area contributed by atoms with Crippen molar-refractivity contribution in [1.29, 1.82) is 0 Å². The maximum atomic E-state index is 13.5. The van der Waals surface area contributed by atoms with Gasteiger partial charge in [0.25, 0.3) is 0 Å². The van der Waals surface area contributed by atoms with Gasteiger partial charge in [0.05, 0.1) is 11.2 Å². The Labute approximate surface area is 123 Å². The Balaban J connectivity index is 2.69. The molecule has 0 aliphatic heterocycles. The van der Waals surface area contributed by atoms with Crippen molar-refractivity contribution in [3.63, 3.8) is 0 Å². The minimum absolute atomic E-state index is 0.0192. The van der Waals surface area contributed by atoms with E-state index >= 15 is 0 Å². The SMILES string of the molecule is CS(=O)(=O)NCCCNS(=O)(=O)c1cccc(F)c1CN. The molecule has 0 heterocycles. The molecule has 0 saturated carbocycles. The van der Waals surface area contributed by atoms with Crippen LogP contribution in [0.25, 0.3) is 0 Å². The first-order valence-corrected chi connectivity index (χ1v) is 9.46. The van der Waals surface area contributed by atoms with Crippen molar-refractivity contribution in [3.05, 3.63) is 29.6 Å². The number of nitrogens with one attached hydrogen (secondary N) is 2. The van der Waals surface area contributed by atoms with E-state index in [1.165, 1.54) is 12.1 Å². The Bertz CT molecular complexity index is 689. The van der Waals surface area contributed by atoms with Crippen molar-refractivity contribution in [3.8, 4) is 0 Å². The summed E-state index contributed by atoms with van der Waals surface area (Å²) in [5.74, 6) is -0.681. The van der Waals surface area contributed by atoms with E-state index in [1.54, 1.807) is 0 Å². The van der Waals surface area contributed by atoms with E-state index in [9.17, 15) is 21.2 Å². The second kappa shape index (κ2) is 7.27. The monoisotopic (exact) mass is 339 g/mol. The molecule has 7 nitrogen and oxygen atoms in total. The van der Waals surface area contributed by atoms with Gasteiger partial charge in [-0.15, -0.1) is 0 Å². The molecule has 120 valence electrons. The van der Waals surface area contributed by atoms with Gasteiger partial charge in [-0.25, -0.2) is 30.7 Å². The Morgan fingerprint density at radius 1 is 1.14 bits per heavy atom. The van der Waals surface area contributed by atoms with E-state index in [4.69, 9.17) is 5.73 Å². The van der Waals surface area contributed by atoms with Crippen LogP contribution in [0.3, 0.4) is 0 Å². The predicted molar refractivity (Wildman–Crippen MR) is 76.9 cm³/mol. The van der Waals surface area contributed by atoms with Crippen molar-refractivity contribution >= 4 is 20.0 Å². The van der Waals surface area contributed by atoms with Gasteiger partial charge in [-0.3, -0.25) is 0 Å². The third-order valence-corrected chi connectivity index (χ3v) is 4.85. The van der Waals surface area contributed by atoms with Crippen LogP contribution in [0.2, 0.25) is 0 Å². The van der Waals surface area contributed by atoms with E-state index in [0.29, 0.717) is 0 Å². The van der Waals surface area contributed by atoms with Crippen LogP contribution in [-0.2, 0) is 26.6 Å². The van der Waals surface area contributed by atoms with Crippen molar-refractivity contribution in [1.82, 2.24) is 9.44 Å². The van der Waals surface area contributed by atoms with E-state index in [-0.39, 0.29) is 36.5 Å². The van der Waals surface area contributed by atoms with Gasteiger partial charge in [-0.2, -0.15) is 0 Å². The van der Waals surface area contributed by atoms with Gasteiger partial charge in [0.2, 0.25) is 20.0 Å². The summed E-state index contributed by atoms with van der Waals surface area (Å²) in [7, 11) is -7.19. The predicted octanol–water partition coefficient (Wildman–Crippen LogP) is -0.498. The molecule has 1 rings (SSSR count). The van der Waals surface area contributed by atoms with Crippen LogP contribution in [0.15, 0.2) is 23.1 Å². The smallest absolute Gasteiger partial charge is 0.240 e. The molecular formula is C11H18FN3O4S2. The minimum atomic E-state index is -3.89. The zero-order chi connectivity index (χ0) is 16.1. The van der Waals surface area contributed by atoms with Gasteiger partial charge < -0.3 is 5.73 Å². The molecule has 0 unspecified atom stereocenters. The summed E-state index contributed by atoms with van der Waals surface area (Å²) in [6.45, 7) is -0.113. The molecule has 0 aromatic heterocycles. The van der Waals surface area contributed by atoms with Gasteiger partial charge in [0.15, 0.2) is 0 Å². The van der Waals surface area contributed by atoms with Crippen LogP contribution in [0.5, 0.6) is 0 Å². The summed E-state index contributed by atoms with van der Waals surface area (Å²) in [5.41, 5.74) is 5.28. The van der Waals surface area contributed by atoms with Crippen LogP contribution in [0.4, 0.5) is 4.39 Å². The number of hydrogen-bond donors (Lipinski definition) is 3. The number of rotatable bonds is 8. The second-order valence-electron chi connectivity index (χ2n) is 4.34. The molecule has 0 spiro atoms. The summed E-state index contributed by atoms with van der Waals surface area (Å²) >= 11 is 0. The fourth-order valence-electron chi connectivity index (χ4n) is 1.62. The summed E-state index contributed by atoms with van der Waals surface area (Å²) in [6.07, 6.45) is 1.27. The molecule has 1 aromatic rings. The highest BCUT2D eigenvalue weighted by Crippen LogP contribution is 2.18. The lowest BCUT2D eigenvalue weighted by molar-refractivity contribution is 0.567. The van der Waals surface area contributed by atoms with Crippen LogP contribution in [0, 0.1) is 5.82 Å². The summed E-state index contributed by atoms with van der Waals surface area (Å²) < 4.78 is 63.8. The maximum absolute atomic E-state index is 13.5. The first kappa shape index (κ1) is 18.0. The fraction of sp³-hybridized carbons (Fsp3) is 0.455. The molecule has 0 saturated heterocycles. The van der Waals surface area contributed by atoms with Gasteiger partial charge in [-0.05, 0) is 18.6 Å². The van der Waals surface area contributed by atoms with E-state index in [2.05, 4.69) is 9.44 Å². The molecule has 0 aliphatic carbocycles. The van der Waals surface area contributed by atoms with Gasteiger partial charge in [0.1, 0.15) is 5.82 Å². The number of halogens is 1. The molecule has 0 aliphatic rings. The number of sulfonamides is 2. The Morgan fingerprint density at radius 3 is 2.33 bits per heavy atom. The van der Waals surface area contributed by atoms with Crippen molar-refractivity contribution in [2.45, 2.75) is 17.9 Å². The Kier molecular flexibility index (Phi) is 6.23. The lowest BCUT2D eigenvalue weighted by Gasteiger charge is -2.11. The molecule has 4 N–H and O–H groups in total. The van der Waals surface area contributed by atoms with Crippen molar-refractivity contribution in [2.75, 3.05) is 19.3 Å². The molecular weight excluding hydrogens is 321 g/mol. The standard InChI is InChI=1S/C11H18FN3O4S2/c1-20(16,17)14-6-3-7-15-21(18,19)11-5-2-4-10(12)9(11)8-13/h2,4-5,14-15H,3,6-8,13H2,1H3. The van der Waals surface area contributed by atoms with Crippen LogP contribution >= 0.6 is 0 Å². The highest BCUT2D eigenvalue weighted by Gasteiger charge is 2.19. The van der Waals surface area contributed by atoms with E-state index in [1.807, 2.05) is 0 Å². The molecule has 1 aromatic carbocycles. The second-order valence-corrected chi connectivity index (χ2v) is 7.91. The average Bonchev–Trinajstić information content (AvgIpc) is 2.36. The average molecular weight is 339 g/mol. The summed E-state index contributed by atoms with van der Waals surface area (Å²) in [4.78, 5) is -0.207. The van der Waals surface area contributed by atoms with Crippen LogP contribution < -0.4 is 15.2 Å². The fourth-order valence-corrected chi connectivity index (χ4v) is 3.47. The zero-order valence-corrected chi connectivity index (χ0v) is 13.1. The topological polar surface area (TPSA) is 118 Å². The highest BCUT2D eigenvalue weighted by atomic mass is 32.2. The summed E-state index contributed by atoms with van der Waals surface area (Å²) in [6, 6.07) is 3.69. The van der Waals surface area contributed by atoms with Gasteiger partial charge in [-0.1, -0.05) is 6.07 Å². The largest absolute Gasteiger partial charge is 0.326 e. The first-order chi connectivity index (χ1) is 9.67. The van der Waals surface area contributed by atoms with Crippen molar-refractivity contribution < 1.29 is 21.2 Å². The lowest BCUT2D eigenvalue weighted by atomic mass is 10.2. The zero-order valence-electron chi connectivity index (χ0n) is 11.5. The number of hydrogen-bond acceptors (Lipinski definition) is 5. The molecule has 0 fully saturated rings. The lowest BCUT2D eigenvalue weighted by Crippen LogP contribution is -2.30. The highest BCUT2D eigenvalue weighted by molar-refractivity contribution is 7.89. The quantitative estimate of drug-likeness (QED) is 0.552. The van der Waals surface area contributed by atoms with Gasteiger partial charge >= 0.3 is 0 Å². The van der Waals surface area contributed by atoms with Gasteiger partial charge in [0, 0.05) is 25.2 Å². The molecule has 0 amide bonds. The van der Waals surface area contributed by atoms with E-state index < -0.39 is 25.9 Å². The first-order valence-electron chi connectivity index (χ1n) is 6.09. The maximum Gasteiger partial charge on any atom is 0.240 e. The number of benzene rings is 1. The Morgan fingerprint density at radius 2 is 1.76 bits per heavy atom. The molecule has 0 bridgehead atoms. The van der Waals surface area contributed by atoms with Crippen LogP contribution in [-0.4, -0.2) is 36.2 Å². The molecule has 0 atom stereocenters. The molecule has 21 heavy (non-hydrogen) atoms. The minimum Gasteiger partial charge on any atom is -0.326 e. The molecule has 10 heteroatoms.